The Morgan fingerprint density at radius 1 is 1.21 bits per heavy atom. The molecule has 1 aromatic carbocycles. The topological polar surface area (TPSA) is 146 Å². The van der Waals surface area contributed by atoms with E-state index in [1.807, 2.05) is 31.3 Å². The van der Waals surface area contributed by atoms with E-state index in [9.17, 15) is 13.7 Å². The molecule has 0 saturated carbocycles. The zero-order valence-electron chi connectivity index (χ0n) is 22.4. The molecule has 0 bridgehead atoms. The minimum atomic E-state index is -3.70. The normalized spacial score (nSPS) is 19.8. The molecule has 2 saturated heterocycles. The lowest BCUT2D eigenvalue weighted by Gasteiger charge is -2.41. The number of aromatic nitrogens is 3. The Kier molecular flexibility index (Phi) is 7.69. The number of aliphatic imine (C=N–C) groups is 1. The molecule has 13 heteroatoms. The van der Waals surface area contributed by atoms with Crippen molar-refractivity contribution < 1.29 is 8.42 Å². The summed E-state index contributed by atoms with van der Waals surface area (Å²) < 4.78 is 29.0. The number of benzene rings is 1. The smallest absolute Gasteiger partial charge is 0.240 e. The first-order valence-corrected chi connectivity index (χ1v) is 14.6. The lowest BCUT2D eigenvalue weighted by molar-refractivity contribution is 0.248. The number of nitriles is 1. The second-order valence-electron chi connectivity index (χ2n) is 10.2. The fraction of sp³-hybridized carbons (Fsp3) is 0.462. The molecule has 0 unspecified atom stereocenters. The molecule has 206 valence electrons. The number of nitrogens with one attached hydrogen (secondary N) is 3. The van der Waals surface area contributed by atoms with E-state index in [-0.39, 0.29) is 17.0 Å². The molecule has 0 spiro atoms. The molecule has 2 fully saturated rings. The van der Waals surface area contributed by atoms with Crippen LogP contribution in [0.1, 0.15) is 25.3 Å². The third kappa shape index (κ3) is 5.83. The molecule has 0 radical (unpaired) electrons. The van der Waals surface area contributed by atoms with Crippen molar-refractivity contribution in [2.24, 2.45) is 4.99 Å². The van der Waals surface area contributed by atoms with Crippen LogP contribution in [0.4, 0.5) is 11.5 Å². The first-order valence-electron chi connectivity index (χ1n) is 13.1. The molecule has 2 aromatic heterocycles. The van der Waals surface area contributed by atoms with Gasteiger partial charge in [-0.3, -0.25) is 5.32 Å². The highest BCUT2D eigenvalue weighted by atomic mass is 32.2. The Balaban J connectivity index is 1.34. The van der Waals surface area contributed by atoms with Crippen LogP contribution in [0.15, 0.2) is 46.7 Å². The van der Waals surface area contributed by atoms with Crippen LogP contribution in [0.5, 0.6) is 0 Å². The summed E-state index contributed by atoms with van der Waals surface area (Å²) in [4.78, 5) is 23.4. The van der Waals surface area contributed by atoms with Gasteiger partial charge in [0.1, 0.15) is 17.8 Å². The van der Waals surface area contributed by atoms with Crippen LogP contribution in [0.25, 0.3) is 11.0 Å². The van der Waals surface area contributed by atoms with E-state index in [1.165, 1.54) is 0 Å². The van der Waals surface area contributed by atoms with E-state index in [2.05, 4.69) is 46.7 Å². The number of sulfonamides is 1. The number of rotatable bonds is 5. The zero-order chi connectivity index (χ0) is 27.6. The summed E-state index contributed by atoms with van der Waals surface area (Å²) in [5.41, 5.74) is 2.35. The van der Waals surface area contributed by atoms with Gasteiger partial charge in [0.05, 0.1) is 16.0 Å². The summed E-state index contributed by atoms with van der Waals surface area (Å²) in [6, 6.07) is 6.44. The summed E-state index contributed by atoms with van der Waals surface area (Å²) in [5, 5.41) is 13.2. The Hall–Kier alpha value is -3.73. The number of hydrogen-bond donors (Lipinski definition) is 3. The summed E-state index contributed by atoms with van der Waals surface area (Å²) in [6.45, 7) is 7.75. The van der Waals surface area contributed by atoms with E-state index in [0.717, 1.165) is 48.3 Å². The molecule has 3 N–H and O–H groups in total. The van der Waals surface area contributed by atoms with E-state index in [4.69, 9.17) is 0 Å². The zero-order valence-corrected chi connectivity index (χ0v) is 23.2. The molecule has 0 amide bonds. The van der Waals surface area contributed by atoms with E-state index >= 15 is 0 Å². The number of aromatic amines is 1. The van der Waals surface area contributed by atoms with Crippen molar-refractivity contribution in [3.8, 4) is 6.19 Å². The summed E-state index contributed by atoms with van der Waals surface area (Å²) in [6.07, 6.45) is 7.03. The van der Waals surface area contributed by atoms with Crippen molar-refractivity contribution in [2.75, 3.05) is 44.7 Å². The lowest BCUT2D eigenvalue weighted by atomic mass is 10.1. The number of piperidine rings is 1. The van der Waals surface area contributed by atoms with Gasteiger partial charge in [0, 0.05) is 37.9 Å². The van der Waals surface area contributed by atoms with Gasteiger partial charge in [-0.05, 0) is 70.6 Å². The number of anilines is 1. The third-order valence-electron chi connectivity index (χ3n) is 7.42. The average Bonchev–Trinajstić information content (AvgIpc) is 3.31. The summed E-state index contributed by atoms with van der Waals surface area (Å²) in [5.74, 6) is 1.26. The van der Waals surface area contributed by atoms with Crippen LogP contribution in [0.2, 0.25) is 0 Å². The quantitative estimate of drug-likeness (QED) is 0.188. The van der Waals surface area contributed by atoms with Crippen LogP contribution in [0, 0.1) is 18.4 Å². The Labute approximate surface area is 228 Å². The maximum atomic E-state index is 13.1. The second-order valence-corrected chi connectivity index (χ2v) is 12.0. The number of nitrogens with zero attached hydrogens (tertiary/aromatic N) is 7. The van der Waals surface area contributed by atoms with Crippen LogP contribution in [-0.2, 0) is 10.0 Å². The highest BCUT2D eigenvalue weighted by molar-refractivity contribution is 7.89. The van der Waals surface area contributed by atoms with Crippen molar-refractivity contribution in [3.05, 3.63) is 42.4 Å². The van der Waals surface area contributed by atoms with E-state index in [0.29, 0.717) is 31.3 Å². The number of guanidine groups is 1. The predicted molar refractivity (Wildman–Crippen MR) is 150 cm³/mol. The van der Waals surface area contributed by atoms with Gasteiger partial charge in [-0.2, -0.15) is 5.26 Å². The van der Waals surface area contributed by atoms with Gasteiger partial charge in [-0.1, -0.05) is 6.07 Å². The van der Waals surface area contributed by atoms with Crippen molar-refractivity contribution in [1.29, 1.82) is 5.26 Å². The number of hydrogen-bond acceptors (Lipinski definition) is 8. The monoisotopic (exact) mass is 550 g/mol. The molecular weight excluding hydrogens is 516 g/mol. The Morgan fingerprint density at radius 3 is 2.74 bits per heavy atom. The van der Waals surface area contributed by atoms with Gasteiger partial charge >= 0.3 is 0 Å². The minimum Gasteiger partial charge on any atom is -0.352 e. The minimum absolute atomic E-state index is 0.000581. The van der Waals surface area contributed by atoms with Gasteiger partial charge in [0.25, 0.3) is 0 Å². The number of piperazine rings is 1. The molecule has 2 aliphatic rings. The largest absolute Gasteiger partial charge is 0.352 e. The third-order valence-corrected chi connectivity index (χ3v) is 8.94. The summed E-state index contributed by atoms with van der Waals surface area (Å²) in [7, 11) is -1.66. The SMILES string of the molecule is Cc1c[nH]c2ncnc(N3CCN(C(=Nc4cccc(S(=O)(=O)NC5CCN(C)CC5)c4)NC#N)[C@@H](C)C3)c12. The van der Waals surface area contributed by atoms with Gasteiger partial charge < -0.3 is 19.7 Å². The van der Waals surface area contributed by atoms with Crippen LogP contribution in [-0.4, -0.2) is 91.0 Å². The second kappa shape index (κ2) is 11.2. The van der Waals surface area contributed by atoms with Crippen molar-refractivity contribution >= 4 is 38.5 Å². The fourth-order valence-corrected chi connectivity index (χ4v) is 6.62. The van der Waals surface area contributed by atoms with Gasteiger partial charge in [-0.25, -0.2) is 28.1 Å². The molecule has 3 aromatic rings. The Morgan fingerprint density at radius 2 is 2.00 bits per heavy atom. The van der Waals surface area contributed by atoms with E-state index in [1.54, 1.807) is 30.6 Å². The molecule has 4 heterocycles. The molecule has 0 aliphatic carbocycles. The van der Waals surface area contributed by atoms with Crippen LogP contribution in [0.3, 0.4) is 0 Å². The molecule has 12 nitrogen and oxygen atoms in total. The molecule has 1 atom stereocenters. The summed E-state index contributed by atoms with van der Waals surface area (Å²) >= 11 is 0. The molecular formula is C26H34N10O2S. The highest BCUT2D eigenvalue weighted by Gasteiger charge is 2.29. The molecule has 5 rings (SSSR count). The lowest BCUT2D eigenvalue weighted by Crippen LogP contribution is -2.56. The maximum absolute atomic E-state index is 13.1. The average molecular weight is 551 g/mol. The number of likely N-dealkylation sites (tertiary alicyclic amines) is 1. The predicted octanol–water partition coefficient (Wildman–Crippen LogP) is 1.91. The fourth-order valence-electron chi connectivity index (χ4n) is 5.27. The number of aryl methyl sites for hydroxylation is 1. The van der Waals surface area contributed by atoms with Crippen LogP contribution < -0.4 is 14.9 Å². The maximum Gasteiger partial charge on any atom is 0.240 e. The van der Waals surface area contributed by atoms with Crippen molar-refractivity contribution in [3.63, 3.8) is 0 Å². The van der Waals surface area contributed by atoms with Gasteiger partial charge in [0.15, 0.2) is 6.19 Å². The first kappa shape index (κ1) is 26.9. The number of H-pyrrole nitrogens is 1. The number of fused-ring (bicyclic) bond motifs is 1. The van der Waals surface area contributed by atoms with Crippen molar-refractivity contribution in [2.45, 2.75) is 43.7 Å². The Bertz CT molecular complexity index is 1500. The van der Waals surface area contributed by atoms with Crippen LogP contribution >= 0.6 is 0 Å². The molecule has 39 heavy (non-hydrogen) atoms. The standard InChI is InChI=1S/C26H34N10O2S/c1-18-14-28-24-23(18)25(31-17-30-24)35-11-12-36(19(2)15-35)26(29-16-27)32-21-5-4-6-22(13-21)39(37,38)33-20-7-9-34(3)10-8-20/h4-6,13-14,17,19-20,33H,7-12,15H2,1-3H3,(H,29,32)(H,28,30,31)/t19-/m0/s1. The van der Waals surface area contributed by atoms with Gasteiger partial charge in [0.2, 0.25) is 16.0 Å². The van der Waals surface area contributed by atoms with Crippen molar-refractivity contribution in [1.82, 2.24) is 34.8 Å². The van der Waals surface area contributed by atoms with E-state index < -0.39 is 10.0 Å². The first-order chi connectivity index (χ1) is 18.7. The molecule has 2 aliphatic heterocycles. The van der Waals surface area contributed by atoms with Gasteiger partial charge in [-0.15, -0.1) is 0 Å². The highest BCUT2D eigenvalue weighted by Crippen LogP contribution is 2.28.